The van der Waals surface area contributed by atoms with Crippen LogP contribution in [-0.4, -0.2) is 14.4 Å². The molecule has 7 nitrogen and oxygen atoms in total. The number of nitrogens with two attached hydrogens (primary N) is 1. The van der Waals surface area contributed by atoms with Crippen LogP contribution in [0.5, 0.6) is 11.6 Å². The molecule has 0 saturated carbocycles. The Labute approximate surface area is 118 Å². The number of nitrogen functional groups attached to an aromatic ring is 1. The molecule has 0 unspecified atom stereocenters. The number of hydrogen-bond acceptors (Lipinski definition) is 6. The molecule has 3 rings (SSSR count). The van der Waals surface area contributed by atoms with Gasteiger partial charge in [0.15, 0.2) is 5.82 Å². The maximum Gasteiger partial charge on any atom is 0.265 e. The smallest absolute Gasteiger partial charge is 0.265 e. The van der Waals surface area contributed by atoms with Crippen LogP contribution in [0.15, 0.2) is 36.8 Å². The summed E-state index contributed by atoms with van der Waals surface area (Å²) in [4.78, 5) is 8.22. The molecule has 0 aliphatic rings. The van der Waals surface area contributed by atoms with Gasteiger partial charge in [0, 0.05) is 12.4 Å². The van der Waals surface area contributed by atoms with Crippen LogP contribution in [-0.2, 0) is 0 Å². The van der Waals surface area contributed by atoms with Crippen molar-refractivity contribution in [2.75, 3.05) is 5.43 Å². The van der Waals surface area contributed by atoms with Gasteiger partial charge in [-0.25, -0.2) is 15.2 Å². The number of fused-ring (bicyclic) bond motifs is 1. The highest BCUT2D eigenvalue weighted by molar-refractivity contribution is 5.56. The number of hydrogen-bond donors (Lipinski definition) is 2. The average molecular weight is 284 g/mol. The molecule has 0 aliphatic heterocycles. The van der Waals surface area contributed by atoms with E-state index in [2.05, 4.69) is 15.4 Å². The highest BCUT2D eigenvalue weighted by Crippen LogP contribution is 2.28. The number of anilines is 1. The zero-order valence-corrected chi connectivity index (χ0v) is 10.6. The molecular weight excluding hydrogens is 275 g/mol. The summed E-state index contributed by atoms with van der Waals surface area (Å²) in [5.74, 6) is 5.18. The molecule has 8 heteroatoms. The number of nitriles is 1. The largest absolute Gasteiger partial charge is 0.434 e. The first-order chi connectivity index (χ1) is 10.2. The third kappa shape index (κ3) is 2.22. The van der Waals surface area contributed by atoms with Gasteiger partial charge in [-0.3, -0.25) is 4.40 Å². The van der Waals surface area contributed by atoms with Gasteiger partial charge in [0.25, 0.3) is 5.88 Å². The summed E-state index contributed by atoms with van der Waals surface area (Å²) in [6.07, 6.45) is 4.86. The van der Waals surface area contributed by atoms with E-state index in [9.17, 15) is 4.39 Å². The topological polar surface area (TPSA) is 101 Å². The standard InChI is InChI=1S/C13H9FN6O/c14-9-2-1-3-10(8(9)6-15)21-13-12-17-4-5-20(12)7-11(18-13)19-16/h1-5,7,19H,16H2. The third-order valence-electron chi connectivity index (χ3n) is 2.79. The molecular formula is C13H9FN6O. The molecule has 0 atom stereocenters. The van der Waals surface area contributed by atoms with E-state index in [4.69, 9.17) is 15.8 Å². The van der Waals surface area contributed by atoms with Gasteiger partial charge in [0.05, 0.1) is 6.20 Å². The monoisotopic (exact) mass is 284 g/mol. The van der Waals surface area contributed by atoms with Crippen LogP contribution in [0, 0.1) is 17.1 Å². The first kappa shape index (κ1) is 12.8. The zero-order chi connectivity index (χ0) is 14.8. The van der Waals surface area contributed by atoms with E-state index >= 15 is 0 Å². The van der Waals surface area contributed by atoms with Crippen molar-refractivity contribution in [2.24, 2.45) is 5.84 Å². The summed E-state index contributed by atoms with van der Waals surface area (Å²) in [6.45, 7) is 0. The van der Waals surface area contributed by atoms with Crippen LogP contribution < -0.4 is 16.0 Å². The Bertz CT molecular complexity index is 853. The van der Waals surface area contributed by atoms with Gasteiger partial charge in [0.1, 0.15) is 23.2 Å². The Morgan fingerprint density at radius 1 is 1.43 bits per heavy atom. The van der Waals surface area contributed by atoms with Gasteiger partial charge in [-0.1, -0.05) is 6.07 Å². The molecule has 0 spiro atoms. The molecule has 0 fully saturated rings. The van der Waals surface area contributed by atoms with Crippen LogP contribution in [0.4, 0.5) is 10.2 Å². The van der Waals surface area contributed by atoms with Crippen molar-refractivity contribution >= 4 is 11.5 Å². The second-order valence-electron chi connectivity index (χ2n) is 4.06. The number of nitrogens with one attached hydrogen (secondary N) is 1. The first-order valence-corrected chi connectivity index (χ1v) is 5.89. The van der Waals surface area contributed by atoms with Crippen LogP contribution >= 0.6 is 0 Å². The molecule has 2 heterocycles. The summed E-state index contributed by atoms with van der Waals surface area (Å²) < 4.78 is 20.8. The molecule has 0 amide bonds. The molecule has 3 aromatic rings. The van der Waals surface area contributed by atoms with E-state index in [1.165, 1.54) is 18.2 Å². The fourth-order valence-electron chi connectivity index (χ4n) is 1.84. The molecule has 0 aliphatic carbocycles. The second kappa shape index (κ2) is 5.07. The SMILES string of the molecule is N#Cc1c(F)cccc1Oc1nc(NN)cn2ccnc12. The van der Waals surface area contributed by atoms with Crippen LogP contribution in [0.1, 0.15) is 5.56 Å². The Kier molecular flexibility index (Phi) is 3.10. The van der Waals surface area contributed by atoms with Crippen molar-refractivity contribution in [1.29, 1.82) is 5.26 Å². The highest BCUT2D eigenvalue weighted by atomic mass is 19.1. The van der Waals surface area contributed by atoms with E-state index < -0.39 is 5.82 Å². The number of rotatable bonds is 3. The normalized spacial score (nSPS) is 10.3. The maximum absolute atomic E-state index is 13.6. The summed E-state index contributed by atoms with van der Waals surface area (Å²) in [5, 5.41) is 9.01. The number of halogens is 1. The number of nitrogens with zero attached hydrogens (tertiary/aromatic N) is 4. The molecule has 3 N–H and O–H groups in total. The second-order valence-corrected chi connectivity index (χ2v) is 4.06. The minimum atomic E-state index is -0.664. The number of ether oxygens (including phenoxy) is 1. The quantitative estimate of drug-likeness (QED) is 0.562. The van der Waals surface area contributed by atoms with Crippen LogP contribution in [0.2, 0.25) is 0 Å². The Morgan fingerprint density at radius 2 is 2.29 bits per heavy atom. The van der Waals surface area contributed by atoms with E-state index in [1.807, 2.05) is 0 Å². The number of imidazole rings is 1. The third-order valence-corrected chi connectivity index (χ3v) is 2.79. The number of hydrazine groups is 1. The minimum absolute atomic E-state index is 0.0593. The van der Waals surface area contributed by atoms with Crippen molar-refractivity contribution in [3.05, 3.63) is 48.2 Å². The Morgan fingerprint density at radius 3 is 3.05 bits per heavy atom. The van der Waals surface area contributed by atoms with Crippen LogP contribution in [0.25, 0.3) is 5.65 Å². The molecule has 104 valence electrons. The number of aromatic nitrogens is 3. The zero-order valence-electron chi connectivity index (χ0n) is 10.6. The minimum Gasteiger partial charge on any atom is -0.434 e. The first-order valence-electron chi connectivity index (χ1n) is 5.89. The van der Waals surface area contributed by atoms with E-state index in [0.717, 1.165) is 0 Å². The van der Waals surface area contributed by atoms with Crippen molar-refractivity contribution in [1.82, 2.24) is 14.4 Å². The summed E-state index contributed by atoms with van der Waals surface area (Å²) in [6, 6.07) is 5.86. The lowest BCUT2D eigenvalue weighted by atomic mass is 10.2. The summed E-state index contributed by atoms with van der Waals surface area (Å²) in [7, 11) is 0. The van der Waals surface area contributed by atoms with Crippen LogP contribution in [0.3, 0.4) is 0 Å². The maximum atomic E-state index is 13.6. The van der Waals surface area contributed by atoms with Gasteiger partial charge in [-0.2, -0.15) is 10.2 Å². The molecule has 0 saturated heterocycles. The number of benzene rings is 1. The van der Waals surface area contributed by atoms with E-state index in [-0.39, 0.29) is 17.2 Å². The summed E-state index contributed by atoms with van der Waals surface area (Å²) in [5.41, 5.74) is 2.62. The molecule has 0 radical (unpaired) electrons. The lowest BCUT2D eigenvalue weighted by molar-refractivity contribution is 0.458. The van der Waals surface area contributed by atoms with Crippen molar-refractivity contribution in [2.45, 2.75) is 0 Å². The molecule has 21 heavy (non-hydrogen) atoms. The van der Waals surface area contributed by atoms with Crippen molar-refractivity contribution in [3.63, 3.8) is 0 Å². The van der Waals surface area contributed by atoms with Gasteiger partial charge < -0.3 is 10.2 Å². The fraction of sp³-hybridized carbons (Fsp3) is 0. The van der Waals surface area contributed by atoms with Gasteiger partial charge in [-0.05, 0) is 12.1 Å². The predicted molar refractivity (Wildman–Crippen MR) is 72.0 cm³/mol. The average Bonchev–Trinajstić information content (AvgIpc) is 2.96. The predicted octanol–water partition coefficient (Wildman–Crippen LogP) is 1.82. The van der Waals surface area contributed by atoms with Crippen molar-refractivity contribution in [3.8, 4) is 17.7 Å². The van der Waals surface area contributed by atoms with Crippen molar-refractivity contribution < 1.29 is 9.13 Å². The molecule has 2 aromatic heterocycles. The molecule has 0 bridgehead atoms. The van der Waals surface area contributed by atoms with E-state index in [0.29, 0.717) is 11.5 Å². The fourth-order valence-corrected chi connectivity index (χ4v) is 1.84. The van der Waals surface area contributed by atoms with Gasteiger partial charge in [0.2, 0.25) is 5.65 Å². The van der Waals surface area contributed by atoms with E-state index in [1.54, 1.807) is 29.1 Å². The van der Waals surface area contributed by atoms with Gasteiger partial charge >= 0.3 is 0 Å². The lowest BCUT2D eigenvalue weighted by Gasteiger charge is -2.09. The molecule has 1 aromatic carbocycles. The highest BCUT2D eigenvalue weighted by Gasteiger charge is 2.14. The Hall–Kier alpha value is -3.18. The lowest BCUT2D eigenvalue weighted by Crippen LogP contribution is -2.10. The Balaban J connectivity index is 2.12. The summed E-state index contributed by atoms with van der Waals surface area (Å²) >= 11 is 0. The van der Waals surface area contributed by atoms with Gasteiger partial charge in [-0.15, -0.1) is 0 Å².